The van der Waals surface area contributed by atoms with Crippen molar-refractivity contribution >= 4 is 19.9 Å². The fourth-order valence-corrected chi connectivity index (χ4v) is 5.51. The third-order valence-electron chi connectivity index (χ3n) is 4.21. The summed E-state index contributed by atoms with van der Waals surface area (Å²) in [6.45, 7) is 1.00. The molecule has 0 spiro atoms. The van der Waals surface area contributed by atoms with Crippen LogP contribution in [-0.2, 0) is 19.9 Å². The van der Waals surface area contributed by atoms with Crippen LogP contribution in [0.3, 0.4) is 0 Å². The fourth-order valence-electron chi connectivity index (χ4n) is 2.67. The summed E-state index contributed by atoms with van der Waals surface area (Å²) in [5, 5.41) is -1.26. The Morgan fingerprint density at radius 3 is 2.29 bits per heavy atom. The van der Waals surface area contributed by atoms with Crippen molar-refractivity contribution in [3.63, 3.8) is 0 Å². The molecule has 3 aromatic rings. The molecule has 0 unspecified atom stereocenters. The highest BCUT2D eigenvalue weighted by Gasteiger charge is 2.32. The molecule has 0 aliphatic carbocycles. The lowest BCUT2D eigenvalue weighted by molar-refractivity contribution is 0.486. The second kappa shape index (κ2) is 7.86. The molecule has 3 rings (SSSR count). The standard InChI is InChI=1S/C19H18FNO5S2/c1-14-12-16(9-10-17(14)20)28(24,25)21-13-19(18-8-5-11-26-18)27(22,23)15-6-3-2-4-7-15/h2-12,19,21H,13H2,1H3/t19-/m1/s1. The molecule has 6 nitrogen and oxygen atoms in total. The molecule has 148 valence electrons. The first-order valence-corrected chi connectivity index (χ1v) is 11.3. The number of halogens is 1. The van der Waals surface area contributed by atoms with Gasteiger partial charge in [-0.15, -0.1) is 0 Å². The van der Waals surface area contributed by atoms with Crippen LogP contribution >= 0.6 is 0 Å². The van der Waals surface area contributed by atoms with E-state index in [1.807, 2.05) is 0 Å². The summed E-state index contributed by atoms with van der Waals surface area (Å²) in [7, 11) is -7.98. The highest BCUT2D eigenvalue weighted by atomic mass is 32.2. The van der Waals surface area contributed by atoms with Gasteiger partial charge in [0.15, 0.2) is 9.84 Å². The molecule has 1 aromatic heterocycles. The van der Waals surface area contributed by atoms with Gasteiger partial charge in [0.2, 0.25) is 10.0 Å². The Kier molecular flexibility index (Phi) is 5.69. The minimum atomic E-state index is -4.05. The van der Waals surface area contributed by atoms with Crippen LogP contribution in [0.1, 0.15) is 16.6 Å². The summed E-state index contributed by atoms with van der Waals surface area (Å²) in [6, 6.07) is 14.1. The normalized spacial score (nSPS) is 13.4. The van der Waals surface area contributed by atoms with E-state index >= 15 is 0 Å². The van der Waals surface area contributed by atoms with Crippen molar-refractivity contribution in [2.75, 3.05) is 6.54 Å². The Bertz CT molecular complexity index is 1160. The number of sulfone groups is 1. The molecular weight excluding hydrogens is 405 g/mol. The minimum Gasteiger partial charge on any atom is -0.468 e. The number of hydrogen-bond acceptors (Lipinski definition) is 5. The predicted octanol–water partition coefficient (Wildman–Crippen LogP) is 3.22. The van der Waals surface area contributed by atoms with Crippen LogP contribution in [0.25, 0.3) is 0 Å². The van der Waals surface area contributed by atoms with Gasteiger partial charge in [-0.3, -0.25) is 0 Å². The van der Waals surface area contributed by atoms with E-state index in [-0.39, 0.29) is 21.1 Å². The first-order valence-electron chi connectivity index (χ1n) is 8.30. The molecule has 0 bridgehead atoms. The lowest BCUT2D eigenvalue weighted by Gasteiger charge is -2.17. The van der Waals surface area contributed by atoms with Gasteiger partial charge in [0.25, 0.3) is 0 Å². The summed E-state index contributed by atoms with van der Waals surface area (Å²) in [5.74, 6) is -0.416. The van der Waals surface area contributed by atoms with Crippen LogP contribution in [0.5, 0.6) is 0 Å². The van der Waals surface area contributed by atoms with Gasteiger partial charge in [0.1, 0.15) is 16.8 Å². The maximum Gasteiger partial charge on any atom is 0.240 e. The van der Waals surface area contributed by atoms with E-state index in [9.17, 15) is 21.2 Å². The number of sulfonamides is 1. The van der Waals surface area contributed by atoms with Gasteiger partial charge in [-0.25, -0.2) is 25.9 Å². The molecule has 0 fully saturated rings. The number of benzene rings is 2. The fraction of sp³-hybridized carbons (Fsp3) is 0.158. The van der Waals surface area contributed by atoms with Crippen molar-refractivity contribution < 1.29 is 25.6 Å². The van der Waals surface area contributed by atoms with Crippen LogP contribution in [0.2, 0.25) is 0 Å². The Labute approximate surface area is 163 Å². The Balaban J connectivity index is 1.92. The Hall–Kier alpha value is -2.49. The predicted molar refractivity (Wildman–Crippen MR) is 101 cm³/mol. The van der Waals surface area contributed by atoms with Gasteiger partial charge in [-0.2, -0.15) is 0 Å². The molecular formula is C19H18FNO5S2. The quantitative estimate of drug-likeness (QED) is 0.630. The monoisotopic (exact) mass is 423 g/mol. The summed E-state index contributed by atoms with van der Waals surface area (Å²) in [5.41, 5.74) is 0.169. The lowest BCUT2D eigenvalue weighted by atomic mass is 10.2. The van der Waals surface area contributed by atoms with Crippen molar-refractivity contribution in [1.82, 2.24) is 4.72 Å². The zero-order valence-electron chi connectivity index (χ0n) is 14.9. The number of furan rings is 1. The van der Waals surface area contributed by atoms with Gasteiger partial charge < -0.3 is 4.42 Å². The van der Waals surface area contributed by atoms with Crippen molar-refractivity contribution in [1.29, 1.82) is 0 Å². The molecule has 1 heterocycles. The van der Waals surface area contributed by atoms with Crippen LogP contribution in [0.15, 0.2) is 81.1 Å². The number of nitrogens with one attached hydrogen (secondary N) is 1. The molecule has 0 radical (unpaired) electrons. The number of hydrogen-bond donors (Lipinski definition) is 1. The molecule has 0 aliphatic heterocycles. The van der Waals surface area contributed by atoms with Crippen molar-refractivity contribution in [2.45, 2.75) is 22.0 Å². The first kappa shape index (κ1) is 20.2. The highest BCUT2D eigenvalue weighted by Crippen LogP contribution is 2.29. The average Bonchev–Trinajstić information content (AvgIpc) is 3.18. The zero-order valence-corrected chi connectivity index (χ0v) is 16.5. The summed E-state index contributed by atoms with van der Waals surface area (Å²) < 4.78 is 72.2. The van der Waals surface area contributed by atoms with E-state index in [1.54, 1.807) is 18.2 Å². The maximum atomic E-state index is 13.4. The molecule has 1 atom stereocenters. The van der Waals surface area contributed by atoms with E-state index < -0.39 is 37.5 Å². The molecule has 28 heavy (non-hydrogen) atoms. The summed E-state index contributed by atoms with van der Waals surface area (Å²) in [4.78, 5) is -0.102. The lowest BCUT2D eigenvalue weighted by Crippen LogP contribution is -2.32. The molecule has 0 saturated carbocycles. The van der Waals surface area contributed by atoms with Gasteiger partial charge in [0.05, 0.1) is 16.1 Å². The smallest absolute Gasteiger partial charge is 0.240 e. The topological polar surface area (TPSA) is 93.4 Å². The zero-order chi connectivity index (χ0) is 20.4. The molecule has 2 aromatic carbocycles. The maximum absolute atomic E-state index is 13.4. The van der Waals surface area contributed by atoms with E-state index in [0.29, 0.717) is 0 Å². The van der Waals surface area contributed by atoms with Crippen LogP contribution in [0, 0.1) is 12.7 Å². The summed E-state index contributed by atoms with van der Waals surface area (Å²) >= 11 is 0. The number of rotatable bonds is 7. The third-order valence-corrected chi connectivity index (χ3v) is 7.70. The largest absolute Gasteiger partial charge is 0.468 e. The second-order valence-electron chi connectivity index (χ2n) is 6.13. The van der Waals surface area contributed by atoms with Gasteiger partial charge in [-0.05, 0) is 55.0 Å². The van der Waals surface area contributed by atoms with Crippen LogP contribution in [-0.4, -0.2) is 23.4 Å². The van der Waals surface area contributed by atoms with E-state index in [0.717, 1.165) is 12.1 Å². The molecule has 1 N–H and O–H groups in total. The van der Waals surface area contributed by atoms with Crippen LogP contribution in [0.4, 0.5) is 4.39 Å². The Morgan fingerprint density at radius 1 is 0.964 bits per heavy atom. The number of aryl methyl sites for hydroxylation is 1. The average molecular weight is 423 g/mol. The van der Waals surface area contributed by atoms with Crippen molar-refractivity contribution in [2.24, 2.45) is 0 Å². The molecule has 0 saturated heterocycles. The van der Waals surface area contributed by atoms with Gasteiger partial charge in [0, 0.05) is 6.54 Å². The van der Waals surface area contributed by atoms with E-state index in [1.165, 1.54) is 43.5 Å². The highest BCUT2D eigenvalue weighted by molar-refractivity contribution is 7.92. The molecule has 0 aliphatic rings. The van der Waals surface area contributed by atoms with Gasteiger partial charge in [-0.1, -0.05) is 18.2 Å². The first-order chi connectivity index (χ1) is 13.2. The van der Waals surface area contributed by atoms with E-state index in [4.69, 9.17) is 4.42 Å². The van der Waals surface area contributed by atoms with Crippen molar-refractivity contribution in [3.05, 3.63) is 84.1 Å². The third kappa shape index (κ3) is 4.16. The van der Waals surface area contributed by atoms with Gasteiger partial charge >= 0.3 is 0 Å². The minimum absolute atomic E-state index is 0.0493. The molecule has 9 heteroatoms. The van der Waals surface area contributed by atoms with E-state index in [2.05, 4.69) is 4.72 Å². The van der Waals surface area contributed by atoms with Crippen LogP contribution < -0.4 is 4.72 Å². The molecule has 0 amide bonds. The van der Waals surface area contributed by atoms with Crippen molar-refractivity contribution in [3.8, 4) is 0 Å². The SMILES string of the molecule is Cc1cc(S(=O)(=O)NC[C@H](c2ccco2)S(=O)(=O)c2ccccc2)ccc1F. The Morgan fingerprint density at radius 2 is 1.68 bits per heavy atom. The second-order valence-corrected chi connectivity index (χ2v) is 10.0. The summed E-state index contributed by atoms with van der Waals surface area (Å²) in [6.07, 6.45) is 1.32.